The summed E-state index contributed by atoms with van der Waals surface area (Å²) in [4.78, 5) is 12.0. The third kappa shape index (κ3) is 5.19. The van der Waals surface area contributed by atoms with Gasteiger partial charge in [0.1, 0.15) is 11.6 Å². The Hall–Kier alpha value is -1.99. The topological polar surface area (TPSA) is 66.4 Å². The first-order valence-electron chi connectivity index (χ1n) is 10.9. The molecule has 0 aliphatic carbocycles. The largest absolute Gasteiger partial charge is 0.354 e. The maximum atomic E-state index is 12.4. The second-order valence-electron chi connectivity index (χ2n) is 8.49. The molecule has 0 radical (unpaired) electrons. The van der Waals surface area contributed by atoms with Crippen LogP contribution in [0.25, 0.3) is 0 Å². The lowest BCUT2D eigenvalue weighted by atomic mass is 10.0. The van der Waals surface area contributed by atoms with E-state index in [0.717, 1.165) is 29.3 Å². The Morgan fingerprint density at radius 2 is 1.77 bits per heavy atom. The number of hydrogen-bond acceptors (Lipinski definition) is 5. The van der Waals surface area contributed by atoms with E-state index in [-0.39, 0.29) is 11.7 Å². The third-order valence-corrected chi connectivity index (χ3v) is 7.66. The number of rotatable bonds is 7. The second-order valence-corrected chi connectivity index (χ2v) is 10.6. The molecule has 2 heterocycles. The van der Waals surface area contributed by atoms with Crippen molar-refractivity contribution in [3.8, 4) is 0 Å². The molecule has 0 atom stereocenters. The first-order chi connectivity index (χ1) is 14.2. The van der Waals surface area contributed by atoms with Crippen LogP contribution in [0.15, 0.2) is 24.3 Å². The van der Waals surface area contributed by atoms with Gasteiger partial charge in [-0.25, -0.2) is 18.4 Å². The van der Waals surface area contributed by atoms with Gasteiger partial charge in [0.05, 0.1) is 5.75 Å². The molecule has 7 heteroatoms. The Bertz CT molecular complexity index is 981. The molecule has 0 unspecified atom stereocenters. The van der Waals surface area contributed by atoms with Crippen molar-refractivity contribution in [2.75, 3.05) is 36.8 Å². The highest BCUT2D eigenvalue weighted by Gasteiger charge is 2.28. The molecule has 1 fully saturated rings. The Kier molecular flexibility index (Phi) is 7.14. The molecule has 30 heavy (non-hydrogen) atoms. The van der Waals surface area contributed by atoms with Gasteiger partial charge in [-0.2, -0.15) is 4.31 Å². The quantitative estimate of drug-likeness (QED) is 0.670. The van der Waals surface area contributed by atoms with Crippen molar-refractivity contribution in [1.82, 2.24) is 14.3 Å². The highest BCUT2D eigenvalue weighted by Crippen LogP contribution is 2.27. The fourth-order valence-electron chi connectivity index (χ4n) is 3.92. The number of benzene rings is 1. The van der Waals surface area contributed by atoms with Crippen molar-refractivity contribution in [3.05, 3.63) is 52.5 Å². The predicted octanol–water partition coefficient (Wildman–Crippen LogP) is 3.67. The number of aryl methyl sites for hydroxylation is 2. The van der Waals surface area contributed by atoms with Crippen LogP contribution in [0.5, 0.6) is 0 Å². The number of anilines is 1. The summed E-state index contributed by atoms with van der Waals surface area (Å²) in [6.45, 7) is 12.6. The number of sulfonamides is 1. The average Bonchev–Trinajstić information content (AvgIpc) is 2.69. The van der Waals surface area contributed by atoms with Gasteiger partial charge in [-0.1, -0.05) is 50.6 Å². The van der Waals surface area contributed by atoms with Gasteiger partial charge in [-0.05, 0) is 25.8 Å². The van der Waals surface area contributed by atoms with Gasteiger partial charge in [0.15, 0.2) is 0 Å². The third-order valence-electron chi connectivity index (χ3n) is 5.58. The molecule has 164 valence electrons. The number of aromatic nitrogens is 2. The number of hydrogen-bond donors (Lipinski definition) is 0. The van der Waals surface area contributed by atoms with Crippen LogP contribution in [0.1, 0.15) is 61.3 Å². The van der Waals surface area contributed by atoms with Crippen LogP contribution < -0.4 is 4.90 Å². The minimum absolute atomic E-state index is 0.218. The molecule has 0 N–H and O–H groups in total. The standard InChI is InChI=1S/C23H34N4O2S/c1-6-14-30(28,29)27-12-10-26(11-13-27)23-21(16-20-9-7-8-18(4)15-20)19(5)24-22(25-23)17(2)3/h7-9,15,17H,6,10-14,16H2,1-5H3. The van der Waals surface area contributed by atoms with Crippen molar-refractivity contribution in [2.45, 2.75) is 53.4 Å². The van der Waals surface area contributed by atoms with Crippen LogP contribution in [-0.2, 0) is 16.4 Å². The monoisotopic (exact) mass is 430 g/mol. The summed E-state index contributed by atoms with van der Waals surface area (Å²) in [6, 6.07) is 8.53. The molecule has 1 saturated heterocycles. The lowest BCUT2D eigenvalue weighted by Gasteiger charge is -2.36. The summed E-state index contributed by atoms with van der Waals surface area (Å²) in [7, 11) is -3.16. The zero-order valence-corrected chi connectivity index (χ0v) is 19.7. The molecular weight excluding hydrogens is 396 g/mol. The van der Waals surface area contributed by atoms with E-state index in [1.165, 1.54) is 11.1 Å². The first kappa shape index (κ1) is 22.7. The zero-order valence-electron chi connectivity index (χ0n) is 18.9. The molecule has 1 aromatic carbocycles. The fourth-order valence-corrected chi connectivity index (χ4v) is 5.41. The van der Waals surface area contributed by atoms with E-state index >= 15 is 0 Å². The Morgan fingerprint density at radius 3 is 2.37 bits per heavy atom. The van der Waals surface area contributed by atoms with E-state index in [0.29, 0.717) is 32.6 Å². The van der Waals surface area contributed by atoms with Gasteiger partial charge < -0.3 is 4.90 Å². The van der Waals surface area contributed by atoms with E-state index in [4.69, 9.17) is 9.97 Å². The fraction of sp³-hybridized carbons (Fsp3) is 0.565. The molecule has 0 spiro atoms. The van der Waals surface area contributed by atoms with Gasteiger partial charge in [0, 0.05) is 49.8 Å². The van der Waals surface area contributed by atoms with Crippen molar-refractivity contribution in [2.24, 2.45) is 0 Å². The summed E-state index contributed by atoms with van der Waals surface area (Å²) in [5.74, 6) is 2.26. The second kappa shape index (κ2) is 9.43. The van der Waals surface area contributed by atoms with E-state index in [2.05, 4.69) is 56.9 Å². The van der Waals surface area contributed by atoms with Crippen LogP contribution in [0.4, 0.5) is 5.82 Å². The molecule has 0 bridgehead atoms. The van der Waals surface area contributed by atoms with Crippen molar-refractivity contribution < 1.29 is 8.42 Å². The van der Waals surface area contributed by atoms with Crippen LogP contribution in [-0.4, -0.2) is 54.6 Å². The molecule has 2 aromatic rings. The summed E-state index contributed by atoms with van der Waals surface area (Å²) in [5, 5.41) is 0. The smallest absolute Gasteiger partial charge is 0.214 e. The van der Waals surface area contributed by atoms with Gasteiger partial charge >= 0.3 is 0 Å². The van der Waals surface area contributed by atoms with Gasteiger partial charge in [-0.15, -0.1) is 0 Å². The molecule has 1 aromatic heterocycles. The number of piperazine rings is 1. The molecule has 6 nitrogen and oxygen atoms in total. The summed E-state index contributed by atoms with van der Waals surface area (Å²) in [5.41, 5.74) is 4.62. The maximum Gasteiger partial charge on any atom is 0.214 e. The van der Waals surface area contributed by atoms with E-state index in [1.54, 1.807) is 4.31 Å². The van der Waals surface area contributed by atoms with Crippen LogP contribution in [0.2, 0.25) is 0 Å². The SMILES string of the molecule is CCCS(=O)(=O)N1CCN(c2nc(C(C)C)nc(C)c2Cc2cccc(C)c2)CC1. The average molecular weight is 431 g/mol. The molecule has 3 rings (SSSR count). The zero-order chi connectivity index (χ0) is 21.9. The Labute approximate surface area is 181 Å². The summed E-state index contributed by atoms with van der Waals surface area (Å²) in [6.07, 6.45) is 1.42. The highest BCUT2D eigenvalue weighted by molar-refractivity contribution is 7.89. The highest BCUT2D eigenvalue weighted by atomic mass is 32.2. The van der Waals surface area contributed by atoms with Gasteiger partial charge in [0.2, 0.25) is 10.0 Å². The molecule has 1 aliphatic heterocycles. The van der Waals surface area contributed by atoms with Crippen LogP contribution >= 0.6 is 0 Å². The molecule has 0 amide bonds. The number of nitrogens with zero attached hydrogens (tertiary/aromatic N) is 4. The molecule has 0 saturated carbocycles. The first-order valence-corrected chi connectivity index (χ1v) is 12.5. The predicted molar refractivity (Wildman–Crippen MR) is 123 cm³/mol. The van der Waals surface area contributed by atoms with Crippen LogP contribution in [0, 0.1) is 13.8 Å². The van der Waals surface area contributed by atoms with Crippen molar-refractivity contribution in [1.29, 1.82) is 0 Å². The normalized spacial score (nSPS) is 15.7. The van der Waals surface area contributed by atoms with E-state index in [1.807, 2.05) is 6.92 Å². The lowest BCUT2D eigenvalue weighted by Crippen LogP contribution is -2.49. The minimum atomic E-state index is -3.16. The van der Waals surface area contributed by atoms with Crippen LogP contribution in [0.3, 0.4) is 0 Å². The molecular formula is C23H34N4O2S. The molecule has 1 aliphatic rings. The van der Waals surface area contributed by atoms with Gasteiger partial charge in [0.25, 0.3) is 0 Å². The summed E-state index contributed by atoms with van der Waals surface area (Å²) < 4.78 is 26.5. The Morgan fingerprint density at radius 1 is 1.07 bits per heavy atom. The lowest BCUT2D eigenvalue weighted by molar-refractivity contribution is 0.383. The van der Waals surface area contributed by atoms with Gasteiger partial charge in [-0.3, -0.25) is 0 Å². The maximum absolute atomic E-state index is 12.4. The van der Waals surface area contributed by atoms with Crippen molar-refractivity contribution in [3.63, 3.8) is 0 Å². The summed E-state index contributed by atoms with van der Waals surface area (Å²) >= 11 is 0. The minimum Gasteiger partial charge on any atom is -0.354 e. The van der Waals surface area contributed by atoms with Crippen molar-refractivity contribution >= 4 is 15.8 Å². The van der Waals surface area contributed by atoms with E-state index in [9.17, 15) is 8.42 Å². The van der Waals surface area contributed by atoms with E-state index < -0.39 is 10.0 Å². The Balaban J connectivity index is 1.91.